The van der Waals surface area contributed by atoms with Crippen molar-refractivity contribution in [2.75, 3.05) is 13.6 Å². The molecule has 4 nitrogen and oxygen atoms in total. The average molecular weight is 290 g/mol. The van der Waals surface area contributed by atoms with Crippen LogP contribution in [0.15, 0.2) is 22.7 Å². The first-order valence-electron chi connectivity index (χ1n) is 5.05. The average Bonchev–Trinajstić information content (AvgIpc) is 2.28. The fourth-order valence-electron chi connectivity index (χ4n) is 1.42. The molecule has 0 saturated heterocycles. The van der Waals surface area contributed by atoms with Gasteiger partial charge in [0.15, 0.2) is 0 Å². The van der Waals surface area contributed by atoms with Gasteiger partial charge in [-0.05, 0) is 38.2 Å². The Morgan fingerprint density at radius 3 is 2.69 bits per heavy atom. The molecule has 0 spiro atoms. The predicted octanol–water partition coefficient (Wildman–Crippen LogP) is 1.16. The topological polar surface area (TPSA) is 72.7 Å². The summed E-state index contributed by atoms with van der Waals surface area (Å²) in [6, 6.07) is 4.75. The van der Waals surface area contributed by atoms with Crippen molar-refractivity contribution in [2.45, 2.75) is 18.6 Å². The number of aliphatic hydroxyl groups excluding tert-OH is 2. The highest BCUT2D eigenvalue weighted by Crippen LogP contribution is 2.30. The molecule has 0 fully saturated rings. The highest BCUT2D eigenvalue weighted by Gasteiger charge is 2.20. The van der Waals surface area contributed by atoms with Gasteiger partial charge in [0, 0.05) is 10.0 Å². The molecule has 2 atom stereocenters. The van der Waals surface area contributed by atoms with Gasteiger partial charge in [0.05, 0.1) is 6.10 Å². The number of nitrogens with one attached hydrogen (secondary N) is 1. The van der Waals surface area contributed by atoms with Crippen LogP contribution in [0, 0.1) is 0 Å². The maximum atomic E-state index is 9.86. The van der Waals surface area contributed by atoms with Crippen molar-refractivity contribution in [3.63, 3.8) is 0 Å². The molecule has 0 saturated carbocycles. The van der Waals surface area contributed by atoms with Gasteiger partial charge in [0.25, 0.3) is 0 Å². The van der Waals surface area contributed by atoms with E-state index in [-0.39, 0.29) is 5.75 Å². The predicted molar refractivity (Wildman–Crippen MR) is 65.3 cm³/mol. The monoisotopic (exact) mass is 289 g/mol. The summed E-state index contributed by atoms with van der Waals surface area (Å²) in [6.07, 6.45) is -1.55. The summed E-state index contributed by atoms with van der Waals surface area (Å²) >= 11 is 3.25. The van der Waals surface area contributed by atoms with Crippen LogP contribution < -0.4 is 5.32 Å². The van der Waals surface area contributed by atoms with E-state index in [9.17, 15) is 15.3 Å². The molecule has 0 aliphatic rings. The molecule has 0 aliphatic carbocycles. The molecule has 0 amide bonds. The fraction of sp³-hybridized carbons (Fsp3) is 0.455. The van der Waals surface area contributed by atoms with E-state index in [1.807, 2.05) is 0 Å². The van der Waals surface area contributed by atoms with Gasteiger partial charge in [0.1, 0.15) is 11.9 Å². The summed E-state index contributed by atoms with van der Waals surface area (Å²) in [5, 5.41) is 32.0. The minimum atomic E-state index is -1.08. The summed E-state index contributed by atoms with van der Waals surface area (Å²) in [7, 11) is 1.77. The highest BCUT2D eigenvalue weighted by molar-refractivity contribution is 9.10. The van der Waals surface area contributed by atoms with Crippen molar-refractivity contribution in [2.24, 2.45) is 0 Å². The summed E-state index contributed by atoms with van der Waals surface area (Å²) in [5.41, 5.74) is 0.331. The van der Waals surface area contributed by atoms with Gasteiger partial charge >= 0.3 is 0 Å². The first-order valence-corrected chi connectivity index (χ1v) is 5.84. The Bertz CT molecular complexity index is 346. The van der Waals surface area contributed by atoms with Crippen LogP contribution in [-0.4, -0.2) is 35.0 Å². The molecule has 1 aromatic carbocycles. The molecule has 0 aliphatic heterocycles. The van der Waals surface area contributed by atoms with Gasteiger partial charge in [-0.15, -0.1) is 0 Å². The van der Waals surface area contributed by atoms with E-state index in [0.717, 1.165) is 4.47 Å². The molecule has 4 N–H and O–H groups in total. The van der Waals surface area contributed by atoms with Crippen molar-refractivity contribution >= 4 is 15.9 Å². The standard InChI is InChI=1S/C11H16BrNO3/c1-13-5-4-10(15)11(16)8-6-7(12)2-3-9(8)14/h2-3,6,10-11,13-16H,4-5H2,1H3. The maximum absolute atomic E-state index is 9.86. The number of benzene rings is 1. The van der Waals surface area contributed by atoms with Crippen LogP contribution in [0.25, 0.3) is 0 Å². The third-order valence-corrected chi connectivity index (χ3v) is 2.86. The quantitative estimate of drug-likeness (QED) is 0.656. The van der Waals surface area contributed by atoms with Crippen LogP contribution in [0.2, 0.25) is 0 Å². The van der Waals surface area contributed by atoms with Crippen LogP contribution in [0.5, 0.6) is 5.75 Å². The number of aliphatic hydroxyl groups is 2. The van der Waals surface area contributed by atoms with Gasteiger partial charge in [-0.1, -0.05) is 15.9 Å². The molecule has 0 heterocycles. The molecule has 16 heavy (non-hydrogen) atoms. The van der Waals surface area contributed by atoms with E-state index in [1.54, 1.807) is 19.2 Å². The Hall–Kier alpha value is -0.620. The summed E-state index contributed by atoms with van der Waals surface area (Å²) in [6.45, 7) is 0.604. The van der Waals surface area contributed by atoms with Gasteiger partial charge < -0.3 is 20.6 Å². The van der Waals surface area contributed by atoms with Crippen molar-refractivity contribution in [1.29, 1.82) is 0 Å². The van der Waals surface area contributed by atoms with Crippen molar-refractivity contribution < 1.29 is 15.3 Å². The third kappa shape index (κ3) is 3.45. The lowest BCUT2D eigenvalue weighted by Gasteiger charge is -2.19. The molecular weight excluding hydrogens is 274 g/mol. The van der Waals surface area contributed by atoms with E-state index in [4.69, 9.17) is 0 Å². The first kappa shape index (κ1) is 13.4. The number of phenols is 1. The minimum Gasteiger partial charge on any atom is -0.508 e. The highest BCUT2D eigenvalue weighted by atomic mass is 79.9. The van der Waals surface area contributed by atoms with Crippen LogP contribution in [0.4, 0.5) is 0 Å². The van der Waals surface area contributed by atoms with Gasteiger partial charge in [-0.25, -0.2) is 0 Å². The van der Waals surface area contributed by atoms with E-state index in [0.29, 0.717) is 18.5 Å². The van der Waals surface area contributed by atoms with Gasteiger partial charge in [-0.2, -0.15) is 0 Å². The molecule has 1 rings (SSSR count). The van der Waals surface area contributed by atoms with Crippen molar-refractivity contribution in [3.05, 3.63) is 28.2 Å². The number of hydrogen-bond acceptors (Lipinski definition) is 4. The number of phenolic OH excluding ortho intramolecular Hbond substituents is 1. The lowest BCUT2D eigenvalue weighted by molar-refractivity contribution is 0.0127. The largest absolute Gasteiger partial charge is 0.508 e. The zero-order chi connectivity index (χ0) is 12.1. The smallest absolute Gasteiger partial charge is 0.121 e. The lowest BCUT2D eigenvalue weighted by atomic mass is 10.0. The zero-order valence-corrected chi connectivity index (χ0v) is 10.6. The second-order valence-corrected chi connectivity index (χ2v) is 4.52. The second-order valence-electron chi connectivity index (χ2n) is 3.61. The SMILES string of the molecule is CNCCC(O)C(O)c1cc(Br)ccc1O. The van der Waals surface area contributed by atoms with Crippen LogP contribution in [0.3, 0.4) is 0 Å². The minimum absolute atomic E-state index is 0.0146. The van der Waals surface area contributed by atoms with Crippen LogP contribution in [-0.2, 0) is 0 Å². The Balaban J connectivity index is 2.78. The first-order chi connectivity index (χ1) is 7.56. The summed E-state index contributed by atoms with van der Waals surface area (Å²) < 4.78 is 0.750. The van der Waals surface area contributed by atoms with E-state index < -0.39 is 12.2 Å². The normalized spacial score (nSPS) is 14.8. The molecular formula is C11H16BrNO3. The molecule has 0 bridgehead atoms. The molecule has 90 valence electrons. The van der Waals surface area contributed by atoms with Crippen LogP contribution in [0.1, 0.15) is 18.1 Å². The molecule has 1 aromatic rings. The molecule has 5 heteroatoms. The number of halogens is 1. The van der Waals surface area contributed by atoms with Crippen molar-refractivity contribution in [3.8, 4) is 5.75 Å². The summed E-state index contributed by atoms with van der Waals surface area (Å²) in [4.78, 5) is 0. The Morgan fingerprint density at radius 2 is 2.06 bits per heavy atom. The Morgan fingerprint density at radius 1 is 1.38 bits per heavy atom. The van der Waals surface area contributed by atoms with Crippen LogP contribution >= 0.6 is 15.9 Å². The lowest BCUT2D eigenvalue weighted by Crippen LogP contribution is -2.23. The van der Waals surface area contributed by atoms with Gasteiger partial charge in [-0.3, -0.25) is 0 Å². The summed E-state index contributed by atoms with van der Waals surface area (Å²) in [5.74, 6) is -0.0146. The van der Waals surface area contributed by atoms with E-state index >= 15 is 0 Å². The van der Waals surface area contributed by atoms with Crippen molar-refractivity contribution in [1.82, 2.24) is 5.32 Å². The molecule has 2 unspecified atom stereocenters. The molecule has 0 aromatic heterocycles. The zero-order valence-electron chi connectivity index (χ0n) is 9.02. The maximum Gasteiger partial charge on any atom is 0.121 e. The fourth-order valence-corrected chi connectivity index (χ4v) is 1.80. The number of hydrogen-bond donors (Lipinski definition) is 4. The number of rotatable bonds is 5. The van der Waals surface area contributed by atoms with E-state index in [2.05, 4.69) is 21.2 Å². The molecule has 0 radical (unpaired) electrons. The second kappa shape index (κ2) is 6.20. The Labute approximate surface area is 103 Å². The Kier molecular flexibility index (Phi) is 5.21. The third-order valence-electron chi connectivity index (χ3n) is 2.36. The van der Waals surface area contributed by atoms with E-state index in [1.165, 1.54) is 6.07 Å². The number of aromatic hydroxyl groups is 1. The van der Waals surface area contributed by atoms with Gasteiger partial charge in [0.2, 0.25) is 0 Å².